The SMILES string of the molecule is CCc1nc(CC(=O)NC(C(=O)O)c2ccc(Cl)cc2)cs1. The lowest BCUT2D eigenvalue weighted by molar-refractivity contribution is -0.142. The van der Waals surface area contributed by atoms with E-state index >= 15 is 0 Å². The zero-order valence-electron chi connectivity index (χ0n) is 11.9. The average Bonchev–Trinajstić information content (AvgIpc) is 2.93. The van der Waals surface area contributed by atoms with Gasteiger partial charge in [0.15, 0.2) is 6.04 Å². The van der Waals surface area contributed by atoms with Crippen LogP contribution in [0.25, 0.3) is 0 Å². The fraction of sp³-hybridized carbons (Fsp3) is 0.267. The first-order chi connectivity index (χ1) is 10.5. The molecule has 116 valence electrons. The second-order valence-corrected chi connectivity index (χ2v) is 6.03. The van der Waals surface area contributed by atoms with Crippen molar-refractivity contribution in [3.05, 3.63) is 50.9 Å². The predicted octanol–water partition coefficient (Wildman–Crippen LogP) is 2.84. The van der Waals surface area contributed by atoms with E-state index in [9.17, 15) is 14.7 Å². The molecule has 1 atom stereocenters. The minimum absolute atomic E-state index is 0.0634. The standard InChI is InChI=1S/C15H15ClN2O3S/c1-2-13-17-11(8-22-13)7-12(19)18-14(15(20)21)9-3-5-10(16)6-4-9/h3-6,8,14H,2,7H2,1H3,(H,18,19)(H,20,21). The first kappa shape index (κ1) is 16.5. The molecule has 0 bridgehead atoms. The van der Waals surface area contributed by atoms with Crippen molar-refractivity contribution in [1.82, 2.24) is 10.3 Å². The minimum Gasteiger partial charge on any atom is -0.479 e. The number of rotatable bonds is 6. The van der Waals surface area contributed by atoms with E-state index in [1.54, 1.807) is 24.3 Å². The lowest BCUT2D eigenvalue weighted by Crippen LogP contribution is -2.34. The van der Waals surface area contributed by atoms with Gasteiger partial charge in [0, 0.05) is 10.4 Å². The quantitative estimate of drug-likeness (QED) is 0.848. The number of hydrogen-bond donors (Lipinski definition) is 2. The van der Waals surface area contributed by atoms with Crippen LogP contribution in [0.1, 0.15) is 29.2 Å². The monoisotopic (exact) mass is 338 g/mol. The lowest BCUT2D eigenvalue weighted by Gasteiger charge is -2.14. The number of amides is 1. The van der Waals surface area contributed by atoms with Gasteiger partial charge >= 0.3 is 5.97 Å². The molecule has 7 heteroatoms. The molecule has 1 unspecified atom stereocenters. The number of aliphatic carboxylic acids is 1. The Hall–Kier alpha value is -1.92. The Balaban J connectivity index is 2.05. The van der Waals surface area contributed by atoms with Crippen LogP contribution in [0.15, 0.2) is 29.6 Å². The molecule has 5 nitrogen and oxygen atoms in total. The maximum atomic E-state index is 12.0. The Morgan fingerprint density at radius 1 is 1.36 bits per heavy atom. The van der Waals surface area contributed by atoms with Gasteiger partial charge in [-0.15, -0.1) is 11.3 Å². The van der Waals surface area contributed by atoms with Crippen LogP contribution in [-0.4, -0.2) is 22.0 Å². The van der Waals surface area contributed by atoms with E-state index in [-0.39, 0.29) is 12.3 Å². The Bertz CT molecular complexity index is 670. The number of halogens is 1. The van der Waals surface area contributed by atoms with Gasteiger partial charge in [0.25, 0.3) is 0 Å². The molecule has 1 aromatic heterocycles. The molecule has 0 saturated heterocycles. The lowest BCUT2D eigenvalue weighted by atomic mass is 10.1. The fourth-order valence-corrected chi connectivity index (χ4v) is 2.78. The van der Waals surface area contributed by atoms with Crippen LogP contribution in [0, 0.1) is 0 Å². The van der Waals surface area contributed by atoms with E-state index in [0.717, 1.165) is 11.4 Å². The summed E-state index contributed by atoms with van der Waals surface area (Å²) < 4.78 is 0. The summed E-state index contributed by atoms with van der Waals surface area (Å²) in [4.78, 5) is 27.7. The summed E-state index contributed by atoms with van der Waals surface area (Å²) in [5.74, 6) is -1.50. The molecule has 0 aliphatic rings. The molecule has 0 radical (unpaired) electrons. The topological polar surface area (TPSA) is 79.3 Å². The molecule has 0 aliphatic heterocycles. The van der Waals surface area contributed by atoms with E-state index in [1.807, 2.05) is 12.3 Å². The summed E-state index contributed by atoms with van der Waals surface area (Å²) >= 11 is 7.28. The first-order valence-corrected chi connectivity index (χ1v) is 7.96. The number of aryl methyl sites for hydroxylation is 1. The maximum Gasteiger partial charge on any atom is 0.330 e. The average molecular weight is 339 g/mol. The highest BCUT2D eigenvalue weighted by atomic mass is 35.5. The van der Waals surface area contributed by atoms with Crippen molar-refractivity contribution in [3.8, 4) is 0 Å². The summed E-state index contributed by atoms with van der Waals surface area (Å²) in [5.41, 5.74) is 1.12. The molecule has 0 aliphatic carbocycles. The summed E-state index contributed by atoms with van der Waals surface area (Å²) in [6.45, 7) is 1.99. The molecule has 0 spiro atoms. The molecule has 0 saturated carbocycles. The highest BCUT2D eigenvalue weighted by Crippen LogP contribution is 2.17. The van der Waals surface area contributed by atoms with Crippen molar-refractivity contribution in [1.29, 1.82) is 0 Å². The first-order valence-electron chi connectivity index (χ1n) is 6.70. The molecule has 22 heavy (non-hydrogen) atoms. The van der Waals surface area contributed by atoms with Gasteiger partial charge < -0.3 is 10.4 Å². The number of aromatic nitrogens is 1. The summed E-state index contributed by atoms with van der Waals surface area (Å²) in [6.07, 6.45) is 0.878. The van der Waals surface area contributed by atoms with Gasteiger partial charge in [-0.25, -0.2) is 9.78 Å². The third-order valence-electron chi connectivity index (χ3n) is 3.00. The van der Waals surface area contributed by atoms with Crippen molar-refractivity contribution >= 4 is 34.8 Å². The predicted molar refractivity (Wildman–Crippen MR) is 85.2 cm³/mol. The number of nitrogens with zero attached hydrogens (tertiary/aromatic N) is 1. The van der Waals surface area contributed by atoms with E-state index in [4.69, 9.17) is 11.6 Å². The number of thiazole rings is 1. The second kappa shape index (κ2) is 7.38. The van der Waals surface area contributed by atoms with Gasteiger partial charge in [-0.2, -0.15) is 0 Å². The number of nitrogens with one attached hydrogen (secondary N) is 1. The number of carboxylic acids is 1. The van der Waals surface area contributed by atoms with Crippen molar-refractivity contribution < 1.29 is 14.7 Å². The third kappa shape index (κ3) is 4.29. The van der Waals surface area contributed by atoms with Crippen LogP contribution in [0.5, 0.6) is 0 Å². The number of carbonyl (C=O) groups excluding carboxylic acids is 1. The van der Waals surface area contributed by atoms with E-state index < -0.39 is 12.0 Å². The molecule has 2 rings (SSSR count). The summed E-state index contributed by atoms with van der Waals surface area (Å²) in [7, 11) is 0. The zero-order valence-corrected chi connectivity index (χ0v) is 13.4. The Morgan fingerprint density at radius 2 is 2.05 bits per heavy atom. The Labute approximate surface area is 137 Å². The van der Waals surface area contributed by atoms with Crippen LogP contribution in [-0.2, 0) is 22.4 Å². The molecule has 1 aromatic carbocycles. The fourth-order valence-electron chi connectivity index (χ4n) is 1.91. The van der Waals surface area contributed by atoms with E-state index in [1.165, 1.54) is 11.3 Å². The van der Waals surface area contributed by atoms with E-state index in [2.05, 4.69) is 10.3 Å². The molecule has 1 amide bonds. The number of carboxylic acid groups (broad SMARTS) is 1. The zero-order chi connectivity index (χ0) is 16.1. The van der Waals surface area contributed by atoms with Gasteiger partial charge in [-0.1, -0.05) is 30.7 Å². The number of benzene rings is 1. The van der Waals surface area contributed by atoms with Gasteiger partial charge in [0.1, 0.15) is 0 Å². The van der Waals surface area contributed by atoms with Gasteiger partial charge in [-0.05, 0) is 24.1 Å². The minimum atomic E-state index is -1.12. The summed E-state index contributed by atoms with van der Waals surface area (Å²) in [6, 6.07) is 5.24. The molecule has 1 heterocycles. The number of hydrogen-bond acceptors (Lipinski definition) is 4. The van der Waals surface area contributed by atoms with Gasteiger partial charge in [0.05, 0.1) is 17.1 Å². The van der Waals surface area contributed by atoms with Crippen LogP contribution >= 0.6 is 22.9 Å². The van der Waals surface area contributed by atoms with Crippen molar-refractivity contribution in [3.63, 3.8) is 0 Å². The highest BCUT2D eigenvalue weighted by molar-refractivity contribution is 7.09. The second-order valence-electron chi connectivity index (χ2n) is 4.65. The molecule has 2 aromatic rings. The third-order valence-corrected chi connectivity index (χ3v) is 4.29. The normalized spacial score (nSPS) is 11.9. The maximum absolute atomic E-state index is 12.0. The van der Waals surface area contributed by atoms with Crippen molar-refractivity contribution in [2.24, 2.45) is 0 Å². The smallest absolute Gasteiger partial charge is 0.330 e. The van der Waals surface area contributed by atoms with Crippen LogP contribution in [0.4, 0.5) is 0 Å². The Kier molecular flexibility index (Phi) is 5.51. The Morgan fingerprint density at radius 3 is 2.59 bits per heavy atom. The van der Waals surface area contributed by atoms with Crippen molar-refractivity contribution in [2.75, 3.05) is 0 Å². The molecule has 2 N–H and O–H groups in total. The largest absolute Gasteiger partial charge is 0.479 e. The van der Waals surface area contributed by atoms with Gasteiger partial charge in [0.2, 0.25) is 5.91 Å². The van der Waals surface area contributed by atoms with Crippen LogP contribution in [0.2, 0.25) is 5.02 Å². The van der Waals surface area contributed by atoms with Crippen molar-refractivity contribution in [2.45, 2.75) is 25.8 Å². The van der Waals surface area contributed by atoms with E-state index in [0.29, 0.717) is 16.3 Å². The molecule has 0 fully saturated rings. The molecular formula is C15H15ClN2O3S. The highest BCUT2D eigenvalue weighted by Gasteiger charge is 2.22. The van der Waals surface area contributed by atoms with Gasteiger partial charge in [-0.3, -0.25) is 4.79 Å². The van der Waals surface area contributed by atoms with Crippen LogP contribution in [0.3, 0.4) is 0 Å². The number of carbonyl (C=O) groups is 2. The van der Waals surface area contributed by atoms with Crippen LogP contribution < -0.4 is 5.32 Å². The summed E-state index contributed by atoms with van der Waals surface area (Å²) in [5, 5.41) is 15.1. The molecular weight excluding hydrogens is 324 g/mol.